The predicted octanol–water partition coefficient (Wildman–Crippen LogP) is 6.04. The van der Waals surface area contributed by atoms with E-state index in [2.05, 4.69) is 40.4 Å². The highest BCUT2D eigenvalue weighted by Gasteiger charge is 2.18. The number of hydrogen-bond acceptors (Lipinski definition) is 5. The second-order valence-corrected chi connectivity index (χ2v) is 9.03. The summed E-state index contributed by atoms with van der Waals surface area (Å²) in [6, 6.07) is 20.3. The molecule has 4 rings (SSSR count). The van der Waals surface area contributed by atoms with Gasteiger partial charge in [0.2, 0.25) is 5.91 Å². The molecule has 0 aliphatic rings. The van der Waals surface area contributed by atoms with Gasteiger partial charge in [0.15, 0.2) is 0 Å². The number of fused-ring (bicyclic) bond motifs is 1. The second-order valence-electron chi connectivity index (χ2n) is 6.67. The summed E-state index contributed by atoms with van der Waals surface area (Å²) in [6.07, 6.45) is 2.56. The van der Waals surface area contributed by atoms with E-state index in [-0.39, 0.29) is 11.2 Å². The number of amides is 1. The predicted molar refractivity (Wildman–Crippen MR) is 123 cm³/mol. The Hall–Kier alpha value is -2.70. The Morgan fingerprint density at radius 2 is 1.86 bits per heavy atom. The van der Waals surface area contributed by atoms with Gasteiger partial charge in [-0.3, -0.25) is 4.79 Å². The third kappa shape index (κ3) is 4.49. The van der Waals surface area contributed by atoms with Crippen LogP contribution in [0.1, 0.15) is 19.4 Å². The molecule has 146 valence electrons. The molecule has 2 aromatic carbocycles. The third-order valence-corrected chi connectivity index (χ3v) is 6.85. The van der Waals surface area contributed by atoms with Crippen LogP contribution < -0.4 is 5.32 Å². The van der Waals surface area contributed by atoms with E-state index in [0.29, 0.717) is 0 Å². The quantitative estimate of drug-likeness (QED) is 0.306. The molecule has 1 atom stereocenters. The van der Waals surface area contributed by atoms with E-state index in [1.165, 1.54) is 17.3 Å². The topological polar surface area (TPSA) is 54.9 Å². The van der Waals surface area contributed by atoms with Crippen LogP contribution in [0.4, 0.5) is 5.69 Å². The number of benzene rings is 2. The molecule has 0 aliphatic heterocycles. The van der Waals surface area contributed by atoms with E-state index in [1.54, 1.807) is 17.7 Å². The first kappa shape index (κ1) is 19.6. The summed E-state index contributed by atoms with van der Waals surface area (Å²) < 4.78 is 0. The van der Waals surface area contributed by atoms with Crippen molar-refractivity contribution in [2.75, 3.05) is 5.32 Å². The lowest BCUT2D eigenvalue weighted by molar-refractivity contribution is -0.115. The molecule has 6 heteroatoms. The van der Waals surface area contributed by atoms with E-state index in [1.807, 2.05) is 49.4 Å². The van der Waals surface area contributed by atoms with Crippen LogP contribution in [0.3, 0.4) is 0 Å². The highest BCUT2D eigenvalue weighted by atomic mass is 32.2. The Balaban J connectivity index is 1.52. The molecular weight excluding hydrogens is 398 g/mol. The highest BCUT2D eigenvalue weighted by molar-refractivity contribution is 8.00. The van der Waals surface area contributed by atoms with Gasteiger partial charge in [0.1, 0.15) is 16.2 Å². The van der Waals surface area contributed by atoms with Crippen molar-refractivity contribution < 1.29 is 4.79 Å². The molecule has 1 amide bonds. The van der Waals surface area contributed by atoms with Crippen LogP contribution in [-0.4, -0.2) is 21.1 Å². The van der Waals surface area contributed by atoms with Crippen LogP contribution in [0.5, 0.6) is 0 Å². The van der Waals surface area contributed by atoms with E-state index in [9.17, 15) is 4.79 Å². The summed E-state index contributed by atoms with van der Waals surface area (Å²) in [4.78, 5) is 23.6. The lowest BCUT2D eigenvalue weighted by Crippen LogP contribution is -2.22. The highest BCUT2D eigenvalue weighted by Crippen LogP contribution is 2.37. The zero-order valence-corrected chi connectivity index (χ0v) is 17.9. The standard InChI is InChI=1S/C23H21N3OS2/c1-3-16-9-11-18(12-10-16)26-21(27)15(2)28-22-19-13-20(17-7-5-4-6-8-17)29-23(19)25-14-24-22/h4-15H,3H2,1-2H3,(H,26,27)/t15-/m0/s1. The van der Waals surface area contributed by atoms with Gasteiger partial charge in [0, 0.05) is 16.0 Å². The Morgan fingerprint density at radius 3 is 2.59 bits per heavy atom. The molecule has 0 saturated carbocycles. The molecule has 0 saturated heterocycles. The molecule has 0 radical (unpaired) electrons. The molecule has 0 unspecified atom stereocenters. The van der Waals surface area contributed by atoms with Crippen molar-refractivity contribution in [1.82, 2.24) is 9.97 Å². The Kier molecular flexibility index (Phi) is 5.92. The van der Waals surface area contributed by atoms with Gasteiger partial charge < -0.3 is 5.32 Å². The number of nitrogens with zero attached hydrogens (tertiary/aromatic N) is 2. The van der Waals surface area contributed by atoms with Gasteiger partial charge >= 0.3 is 0 Å². The number of carbonyl (C=O) groups excluding carboxylic acids is 1. The number of hydrogen-bond donors (Lipinski definition) is 1. The van der Waals surface area contributed by atoms with Crippen molar-refractivity contribution >= 4 is 44.9 Å². The summed E-state index contributed by atoms with van der Waals surface area (Å²) >= 11 is 3.10. The van der Waals surface area contributed by atoms with Gasteiger partial charge in [0.05, 0.1) is 5.25 Å². The maximum atomic E-state index is 12.7. The average molecular weight is 420 g/mol. The van der Waals surface area contributed by atoms with E-state index in [0.717, 1.165) is 37.8 Å². The van der Waals surface area contributed by atoms with Crippen LogP contribution >= 0.6 is 23.1 Å². The van der Waals surface area contributed by atoms with Crippen LogP contribution in [0.25, 0.3) is 20.7 Å². The molecule has 29 heavy (non-hydrogen) atoms. The molecule has 2 aromatic heterocycles. The van der Waals surface area contributed by atoms with Crippen LogP contribution in [0.15, 0.2) is 72.0 Å². The zero-order valence-electron chi connectivity index (χ0n) is 16.3. The fraction of sp³-hybridized carbons (Fsp3) is 0.174. The zero-order chi connectivity index (χ0) is 20.2. The van der Waals surface area contributed by atoms with Crippen LogP contribution in [-0.2, 0) is 11.2 Å². The average Bonchev–Trinajstić information content (AvgIpc) is 3.20. The van der Waals surface area contributed by atoms with Crippen molar-refractivity contribution in [3.8, 4) is 10.4 Å². The van der Waals surface area contributed by atoms with Crippen molar-refractivity contribution in [2.24, 2.45) is 0 Å². The smallest absolute Gasteiger partial charge is 0.237 e. The van der Waals surface area contributed by atoms with Crippen LogP contribution in [0.2, 0.25) is 0 Å². The summed E-state index contributed by atoms with van der Waals surface area (Å²) in [7, 11) is 0. The molecule has 0 bridgehead atoms. The molecule has 0 fully saturated rings. The number of aromatic nitrogens is 2. The lowest BCUT2D eigenvalue weighted by atomic mass is 10.1. The number of anilines is 1. The first-order valence-electron chi connectivity index (χ1n) is 9.50. The molecule has 4 aromatic rings. The number of aryl methyl sites for hydroxylation is 1. The normalized spacial score (nSPS) is 12.1. The van der Waals surface area contributed by atoms with Crippen LogP contribution in [0, 0.1) is 0 Å². The summed E-state index contributed by atoms with van der Waals surface area (Å²) in [5.41, 5.74) is 3.22. The number of nitrogens with one attached hydrogen (secondary N) is 1. The van der Waals surface area contributed by atoms with Gasteiger partial charge in [-0.2, -0.15) is 0 Å². The van der Waals surface area contributed by atoms with Gasteiger partial charge in [-0.1, -0.05) is 61.2 Å². The molecular formula is C23H21N3OS2. The molecule has 0 aliphatic carbocycles. The Labute approximate surface area is 178 Å². The maximum absolute atomic E-state index is 12.7. The number of thioether (sulfide) groups is 1. The minimum absolute atomic E-state index is 0.0375. The Morgan fingerprint density at radius 1 is 1.10 bits per heavy atom. The molecule has 1 N–H and O–H groups in total. The van der Waals surface area contributed by atoms with Crippen molar-refractivity contribution in [1.29, 1.82) is 0 Å². The lowest BCUT2D eigenvalue weighted by Gasteiger charge is -2.12. The summed E-state index contributed by atoms with van der Waals surface area (Å²) in [5, 5.41) is 4.54. The van der Waals surface area contributed by atoms with Crippen molar-refractivity contribution in [2.45, 2.75) is 30.5 Å². The minimum Gasteiger partial charge on any atom is -0.325 e. The van der Waals surface area contributed by atoms with E-state index < -0.39 is 0 Å². The van der Waals surface area contributed by atoms with Crippen molar-refractivity contribution in [3.05, 3.63) is 72.6 Å². The maximum Gasteiger partial charge on any atom is 0.237 e. The Bertz CT molecular complexity index is 1120. The van der Waals surface area contributed by atoms with E-state index in [4.69, 9.17) is 0 Å². The molecule has 0 spiro atoms. The monoisotopic (exact) mass is 419 g/mol. The van der Waals surface area contributed by atoms with Gasteiger partial charge in [0.25, 0.3) is 0 Å². The first-order chi connectivity index (χ1) is 14.1. The first-order valence-corrected chi connectivity index (χ1v) is 11.2. The number of carbonyl (C=O) groups is 1. The third-order valence-electron chi connectivity index (χ3n) is 4.64. The molecule has 2 heterocycles. The van der Waals surface area contributed by atoms with Crippen molar-refractivity contribution in [3.63, 3.8) is 0 Å². The second kappa shape index (κ2) is 8.76. The fourth-order valence-corrected chi connectivity index (χ4v) is 4.92. The molecule has 4 nitrogen and oxygen atoms in total. The minimum atomic E-state index is -0.279. The van der Waals surface area contributed by atoms with E-state index >= 15 is 0 Å². The largest absolute Gasteiger partial charge is 0.325 e. The number of rotatable bonds is 6. The fourth-order valence-electron chi connectivity index (χ4n) is 2.96. The van der Waals surface area contributed by atoms with Gasteiger partial charge in [-0.25, -0.2) is 9.97 Å². The van der Waals surface area contributed by atoms with Gasteiger partial charge in [-0.15, -0.1) is 11.3 Å². The summed E-state index contributed by atoms with van der Waals surface area (Å²) in [5.74, 6) is -0.0375. The van der Waals surface area contributed by atoms with Gasteiger partial charge in [-0.05, 0) is 42.7 Å². The SMILES string of the molecule is CCc1ccc(NC(=O)[C@H](C)Sc2ncnc3sc(-c4ccccc4)cc23)cc1. The number of thiophene rings is 1. The summed E-state index contributed by atoms with van der Waals surface area (Å²) in [6.45, 7) is 4.02.